The predicted octanol–water partition coefficient (Wildman–Crippen LogP) is 3.36. The summed E-state index contributed by atoms with van der Waals surface area (Å²) in [7, 11) is 1.79. The number of aryl methyl sites for hydroxylation is 1. The van der Waals surface area contributed by atoms with Gasteiger partial charge in [0.05, 0.1) is 0 Å². The van der Waals surface area contributed by atoms with Crippen LogP contribution in [0, 0.1) is 13.8 Å². The van der Waals surface area contributed by atoms with Gasteiger partial charge in [-0.25, -0.2) is 0 Å². The molecule has 5 heteroatoms. The number of benzene rings is 1. The van der Waals surface area contributed by atoms with E-state index in [1.807, 2.05) is 32.0 Å². The van der Waals surface area contributed by atoms with E-state index in [1.165, 1.54) is 38.8 Å². The normalized spacial score (nSPS) is 15.3. The molecule has 144 valence electrons. The van der Waals surface area contributed by atoms with E-state index in [4.69, 9.17) is 0 Å². The Morgan fingerprint density at radius 2 is 1.81 bits per heavy atom. The lowest BCUT2D eigenvalue weighted by Crippen LogP contribution is -2.34. The third kappa shape index (κ3) is 6.45. The summed E-state index contributed by atoms with van der Waals surface area (Å²) in [4.78, 5) is 28.6. The molecule has 0 radical (unpaired) electrons. The highest BCUT2D eigenvalue weighted by atomic mass is 16.2. The van der Waals surface area contributed by atoms with Gasteiger partial charge in [0.1, 0.15) is 6.42 Å². The molecule has 5 nitrogen and oxygen atoms in total. The molecule has 1 aliphatic heterocycles. The van der Waals surface area contributed by atoms with Gasteiger partial charge in [-0.05, 0) is 69.9 Å². The molecule has 0 saturated carbocycles. The van der Waals surface area contributed by atoms with E-state index in [9.17, 15) is 9.59 Å². The number of nitrogens with zero attached hydrogens (tertiary/aromatic N) is 2. The average Bonchev–Trinajstić information content (AvgIpc) is 2.87. The lowest BCUT2D eigenvalue weighted by atomic mass is 10.1. The van der Waals surface area contributed by atoms with Gasteiger partial charge in [0.25, 0.3) is 0 Å². The number of amides is 2. The van der Waals surface area contributed by atoms with Crippen molar-refractivity contribution in [1.82, 2.24) is 9.80 Å². The van der Waals surface area contributed by atoms with Crippen LogP contribution in [0.4, 0.5) is 5.69 Å². The van der Waals surface area contributed by atoms with Gasteiger partial charge in [-0.2, -0.15) is 0 Å². The van der Waals surface area contributed by atoms with Crippen molar-refractivity contribution in [3.8, 4) is 0 Å². The summed E-state index contributed by atoms with van der Waals surface area (Å²) in [5.74, 6) is -0.369. The Bertz CT molecular complexity index is 607. The highest BCUT2D eigenvalue weighted by molar-refractivity contribution is 6.03. The standard InChI is InChI=1S/C21H33N3O2/c1-17-10-8-11-19(18(17)2)22-20(25)16-21(26)23(3)12-9-15-24-13-6-4-5-7-14-24/h8,10-11H,4-7,9,12-16H2,1-3H3,(H,22,25). The second-order valence-corrected chi connectivity index (χ2v) is 7.40. The minimum absolute atomic E-state index is 0.104. The largest absolute Gasteiger partial charge is 0.345 e. The zero-order chi connectivity index (χ0) is 18.9. The smallest absolute Gasteiger partial charge is 0.233 e. The van der Waals surface area contributed by atoms with Gasteiger partial charge in [0.15, 0.2) is 0 Å². The maximum atomic E-state index is 12.3. The predicted molar refractivity (Wildman–Crippen MR) is 106 cm³/mol. The molecule has 0 atom stereocenters. The summed E-state index contributed by atoms with van der Waals surface area (Å²) in [5, 5.41) is 2.86. The molecular weight excluding hydrogens is 326 g/mol. The number of hydrogen-bond acceptors (Lipinski definition) is 3. The van der Waals surface area contributed by atoms with E-state index in [-0.39, 0.29) is 18.2 Å². The molecule has 1 fully saturated rings. The molecule has 0 aromatic heterocycles. The fourth-order valence-electron chi connectivity index (χ4n) is 3.37. The van der Waals surface area contributed by atoms with Gasteiger partial charge in [-0.15, -0.1) is 0 Å². The Kier molecular flexibility index (Phi) is 8.10. The van der Waals surface area contributed by atoms with Crippen LogP contribution in [0.25, 0.3) is 0 Å². The Balaban J connectivity index is 1.72. The first kappa shape index (κ1) is 20.4. The molecule has 2 rings (SSSR count). The molecule has 1 aromatic carbocycles. The van der Waals surface area contributed by atoms with Crippen LogP contribution in [0.5, 0.6) is 0 Å². The van der Waals surface area contributed by atoms with Crippen LogP contribution in [-0.2, 0) is 9.59 Å². The Morgan fingerprint density at radius 3 is 2.50 bits per heavy atom. The molecule has 0 unspecified atom stereocenters. The minimum Gasteiger partial charge on any atom is -0.345 e. The molecule has 1 heterocycles. The van der Waals surface area contributed by atoms with Crippen LogP contribution in [0.1, 0.15) is 49.7 Å². The van der Waals surface area contributed by atoms with Gasteiger partial charge < -0.3 is 15.1 Å². The highest BCUT2D eigenvalue weighted by Gasteiger charge is 2.15. The van der Waals surface area contributed by atoms with Gasteiger partial charge in [0, 0.05) is 19.3 Å². The molecule has 0 spiro atoms. The summed E-state index contributed by atoms with van der Waals surface area (Å²) >= 11 is 0. The first-order valence-corrected chi connectivity index (χ1v) is 9.80. The Labute approximate surface area is 157 Å². The van der Waals surface area contributed by atoms with Crippen LogP contribution in [0.15, 0.2) is 18.2 Å². The van der Waals surface area contributed by atoms with E-state index in [0.717, 1.165) is 29.8 Å². The van der Waals surface area contributed by atoms with E-state index in [2.05, 4.69) is 10.2 Å². The fourth-order valence-corrected chi connectivity index (χ4v) is 3.37. The van der Waals surface area contributed by atoms with Crippen molar-refractivity contribution < 1.29 is 9.59 Å². The first-order valence-electron chi connectivity index (χ1n) is 9.80. The monoisotopic (exact) mass is 359 g/mol. The molecule has 2 amide bonds. The summed E-state index contributed by atoms with van der Waals surface area (Å²) in [5.41, 5.74) is 2.95. The highest BCUT2D eigenvalue weighted by Crippen LogP contribution is 2.18. The lowest BCUT2D eigenvalue weighted by Gasteiger charge is -2.22. The minimum atomic E-state index is -0.247. The maximum absolute atomic E-state index is 12.3. The van der Waals surface area contributed by atoms with Gasteiger partial charge in [0.2, 0.25) is 11.8 Å². The third-order valence-electron chi connectivity index (χ3n) is 5.28. The zero-order valence-corrected chi connectivity index (χ0v) is 16.5. The van der Waals surface area contributed by atoms with Crippen LogP contribution < -0.4 is 5.32 Å². The summed E-state index contributed by atoms with van der Waals surface area (Å²) < 4.78 is 0. The number of rotatable bonds is 7. The van der Waals surface area contributed by atoms with Crippen molar-refractivity contribution in [2.24, 2.45) is 0 Å². The summed E-state index contributed by atoms with van der Waals surface area (Å²) in [6.07, 6.45) is 6.10. The number of carbonyl (C=O) groups is 2. The average molecular weight is 360 g/mol. The fraction of sp³-hybridized carbons (Fsp3) is 0.619. The maximum Gasteiger partial charge on any atom is 0.233 e. The Hall–Kier alpha value is -1.88. The lowest BCUT2D eigenvalue weighted by molar-refractivity contribution is -0.133. The van der Waals surface area contributed by atoms with Gasteiger partial charge in [-0.3, -0.25) is 9.59 Å². The quantitative estimate of drug-likeness (QED) is 0.760. The number of nitrogens with one attached hydrogen (secondary N) is 1. The number of carbonyl (C=O) groups excluding carboxylic acids is 2. The van der Waals surface area contributed by atoms with Crippen LogP contribution in [0.2, 0.25) is 0 Å². The molecule has 1 aliphatic rings. The third-order valence-corrected chi connectivity index (χ3v) is 5.28. The van der Waals surface area contributed by atoms with Gasteiger partial charge >= 0.3 is 0 Å². The molecule has 1 saturated heterocycles. The van der Waals surface area contributed by atoms with Crippen molar-refractivity contribution >= 4 is 17.5 Å². The van der Waals surface area contributed by atoms with Crippen LogP contribution >= 0.6 is 0 Å². The summed E-state index contributed by atoms with van der Waals surface area (Å²) in [6.45, 7) is 8.07. The molecule has 1 N–H and O–H groups in total. The molecule has 26 heavy (non-hydrogen) atoms. The SMILES string of the molecule is Cc1cccc(NC(=O)CC(=O)N(C)CCCN2CCCCCC2)c1C. The van der Waals surface area contributed by atoms with E-state index in [1.54, 1.807) is 11.9 Å². The number of likely N-dealkylation sites (tertiary alicyclic amines) is 1. The molecular formula is C21H33N3O2. The van der Waals surface area contributed by atoms with Crippen molar-refractivity contribution in [1.29, 1.82) is 0 Å². The van der Waals surface area contributed by atoms with Crippen molar-refractivity contribution in [3.63, 3.8) is 0 Å². The van der Waals surface area contributed by atoms with E-state index >= 15 is 0 Å². The Morgan fingerprint density at radius 1 is 1.12 bits per heavy atom. The summed E-state index contributed by atoms with van der Waals surface area (Å²) in [6, 6.07) is 5.79. The van der Waals surface area contributed by atoms with Crippen molar-refractivity contribution in [3.05, 3.63) is 29.3 Å². The van der Waals surface area contributed by atoms with Gasteiger partial charge in [-0.1, -0.05) is 25.0 Å². The molecule has 0 bridgehead atoms. The van der Waals surface area contributed by atoms with E-state index in [0.29, 0.717) is 6.54 Å². The van der Waals surface area contributed by atoms with E-state index < -0.39 is 0 Å². The van der Waals surface area contributed by atoms with Crippen LogP contribution in [0.3, 0.4) is 0 Å². The second kappa shape index (κ2) is 10.3. The first-order chi connectivity index (χ1) is 12.5. The zero-order valence-electron chi connectivity index (χ0n) is 16.5. The number of anilines is 1. The van der Waals surface area contributed by atoms with Crippen molar-refractivity contribution in [2.75, 3.05) is 38.5 Å². The molecule has 0 aliphatic carbocycles. The van der Waals surface area contributed by atoms with Crippen molar-refractivity contribution in [2.45, 2.75) is 52.4 Å². The molecule has 1 aromatic rings. The van der Waals surface area contributed by atoms with Crippen LogP contribution in [-0.4, -0.2) is 54.8 Å². The number of hydrogen-bond donors (Lipinski definition) is 1. The topological polar surface area (TPSA) is 52.7 Å². The second-order valence-electron chi connectivity index (χ2n) is 7.40.